The summed E-state index contributed by atoms with van der Waals surface area (Å²) >= 11 is 0. The van der Waals surface area contributed by atoms with Crippen molar-refractivity contribution in [2.45, 2.75) is 43.6 Å². The SMILES string of the molecule is CN1CC[C@]23CCCC[C@H]2[C@@H]1C(=O)c1ccc(O)cc13. The van der Waals surface area contributed by atoms with Gasteiger partial charge in [0, 0.05) is 11.0 Å². The van der Waals surface area contributed by atoms with Gasteiger partial charge in [0.25, 0.3) is 0 Å². The fourth-order valence-corrected chi connectivity index (χ4v) is 5.03. The van der Waals surface area contributed by atoms with Crippen LogP contribution in [0, 0.1) is 5.92 Å². The predicted octanol–water partition coefficient (Wildman–Crippen LogP) is 2.72. The maximum Gasteiger partial charge on any atom is 0.180 e. The Kier molecular flexibility index (Phi) is 2.53. The molecule has 0 aromatic heterocycles. The first-order valence-corrected chi connectivity index (χ1v) is 7.71. The number of piperidine rings is 1. The summed E-state index contributed by atoms with van der Waals surface area (Å²) in [4.78, 5) is 15.1. The van der Waals surface area contributed by atoms with Gasteiger partial charge in [0.1, 0.15) is 5.75 Å². The molecule has 1 N–H and O–H groups in total. The van der Waals surface area contributed by atoms with Crippen LogP contribution in [0.3, 0.4) is 0 Å². The number of benzene rings is 1. The molecule has 20 heavy (non-hydrogen) atoms. The molecular weight excluding hydrogens is 250 g/mol. The van der Waals surface area contributed by atoms with Crippen LogP contribution in [0.1, 0.15) is 48.0 Å². The van der Waals surface area contributed by atoms with Crippen LogP contribution in [-0.2, 0) is 5.41 Å². The number of phenolic OH excluding ortho intramolecular Hbond substituents is 1. The molecular formula is C17H21NO2. The number of likely N-dealkylation sites (tertiary alicyclic amines) is 1. The number of hydrogen-bond donors (Lipinski definition) is 1. The third-order valence-electron chi connectivity index (χ3n) is 5.94. The van der Waals surface area contributed by atoms with Crippen molar-refractivity contribution in [1.82, 2.24) is 4.90 Å². The highest BCUT2D eigenvalue weighted by Crippen LogP contribution is 2.55. The van der Waals surface area contributed by atoms with Gasteiger partial charge in [0.05, 0.1) is 6.04 Å². The van der Waals surface area contributed by atoms with E-state index >= 15 is 0 Å². The first-order chi connectivity index (χ1) is 9.63. The number of carbonyl (C=O) groups excluding carboxylic acids is 1. The maximum absolute atomic E-state index is 12.9. The summed E-state index contributed by atoms with van der Waals surface area (Å²) in [5, 5.41) is 9.89. The Labute approximate surface area is 119 Å². The van der Waals surface area contributed by atoms with E-state index in [1.54, 1.807) is 6.07 Å². The molecule has 3 nitrogen and oxygen atoms in total. The van der Waals surface area contributed by atoms with Gasteiger partial charge in [-0.2, -0.15) is 0 Å². The molecule has 2 aliphatic carbocycles. The number of aromatic hydroxyl groups is 1. The molecule has 3 aliphatic rings. The zero-order chi connectivity index (χ0) is 13.9. The molecule has 1 aromatic carbocycles. The van der Waals surface area contributed by atoms with E-state index in [4.69, 9.17) is 0 Å². The zero-order valence-electron chi connectivity index (χ0n) is 11.9. The van der Waals surface area contributed by atoms with E-state index in [1.807, 2.05) is 12.1 Å². The van der Waals surface area contributed by atoms with Crippen molar-refractivity contribution < 1.29 is 9.90 Å². The summed E-state index contributed by atoms with van der Waals surface area (Å²) in [6.45, 7) is 0.988. The number of Topliss-reactive ketones (excluding diaryl/α,β-unsaturated/α-hetero) is 1. The molecule has 1 aliphatic heterocycles. The van der Waals surface area contributed by atoms with Crippen molar-refractivity contribution in [2.24, 2.45) is 5.92 Å². The maximum atomic E-state index is 12.9. The van der Waals surface area contributed by atoms with Gasteiger partial charge < -0.3 is 5.11 Å². The van der Waals surface area contributed by atoms with Gasteiger partial charge >= 0.3 is 0 Å². The predicted molar refractivity (Wildman–Crippen MR) is 77.1 cm³/mol. The minimum Gasteiger partial charge on any atom is -0.508 e. The molecule has 0 amide bonds. The molecule has 106 valence electrons. The fraction of sp³-hybridized carbons (Fsp3) is 0.588. The van der Waals surface area contributed by atoms with Gasteiger partial charge in [-0.15, -0.1) is 0 Å². The third-order valence-corrected chi connectivity index (χ3v) is 5.94. The van der Waals surface area contributed by atoms with Crippen molar-refractivity contribution in [3.63, 3.8) is 0 Å². The number of nitrogens with zero attached hydrogens (tertiary/aromatic N) is 1. The number of hydrogen-bond acceptors (Lipinski definition) is 3. The highest BCUT2D eigenvalue weighted by Gasteiger charge is 2.56. The van der Waals surface area contributed by atoms with E-state index < -0.39 is 0 Å². The van der Waals surface area contributed by atoms with Crippen LogP contribution < -0.4 is 0 Å². The fourth-order valence-electron chi connectivity index (χ4n) is 5.03. The minimum absolute atomic E-state index is 0.0566. The normalized spacial score (nSPS) is 36.4. The van der Waals surface area contributed by atoms with Gasteiger partial charge in [-0.05, 0) is 62.5 Å². The molecule has 4 rings (SSSR count). The lowest BCUT2D eigenvalue weighted by molar-refractivity contribution is 0.00836. The first-order valence-electron chi connectivity index (χ1n) is 7.71. The van der Waals surface area contributed by atoms with Crippen LogP contribution in [-0.4, -0.2) is 35.4 Å². The number of likely N-dealkylation sites (N-methyl/N-ethyl adjacent to an activating group) is 1. The number of phenols is 1. The van der Waals surface area contributed by atoms with Gasteiger partial charge in [-0.1, -0.05) is 12.8 Å². The standard InChI is InChI=1S/C17H21NO2/c1-18-9-8-17-7-3-2-4-13(17)15(18)16(20)12-6-5-11(19)10-14(12)17/h5-6,10,13,15,19H,2-4,7-9H2,1H3/t13-,15+,17+/m0/s1. The van der Waals surface area contributed by atoms with Crippen LogP contribution in [0.4, 0.5) is 0 Å². The van der Waals surface area contributed by atoms with E-state index in [9.17, 15) is 9.90 Å². The first kappa shape index (κ1) is 12.4. The molecule has 0 unspecified atom stereocenters. The summed E-state index contributed by atoms with van der Waals surface area (Å²) in [6, 6.07) is 5.42. The van der Waals surface area contributed by atoms with Crippen molar-refractivity contribution in [3.05, 3.63) is 29.3 Å². The molecule has 1 saturated heterocycles. The zero-order valence-corrected chi connectivity index (χ0v) is 11.9. The highest BCUT2D eigenvalue weighted by atomic mass is 16.3. The van der Waals surface area contributed by atoms with E-state index in [0.29, 0.717) is 11.7 Å². The molecule has 1 heterocycles. The summed E-state index contributed by atoms with van der Waals surface area (Å²) < 4.78 is 0. The third kappa shape index (κ3) is 1.42. The number of rotatable bonds is 0. The van der Waals surface area contributed by atoms with Gasteiger partial charge in [0.2, 0.25) is 0 Å². The Morgan fingerprint density at radius 1 is 1.30 bits per heavy atom. The molecule has 0 spiro atoms. The summed E-state index contributed by atoms with van der Waals surface area (Å²) in [7, 11) is 2.09. The summed E-state index contributed by atoms with van der Waals surface area (Å²) in [5.74, 6) is 1.01. The summed E-state index contributed by atoms with van der Waals surface area (Å²) in [6.07, 6.45) is 5.92. The number of carbonyl (C=O) groups is 1. The average molecular weight is 271 g/mol. The van der Waals surface area contributed by atoms with Gasteiger partial charge in [0.15, 0.2) is 5.78 Å². The van der Waals surface area contributed by atoms with Crippen LogP contribution in [0.5, 0.6) is 5.75 Å². The van der Waals surface area contributed by atoms with Crippen molar-refractivity contribution in [2.75, 3.05) is 13.6 Å². The molecule has 0 radical (unpaired) electrons. The second-order valence-corrected chi connectivity index (χ2v) is 6.78. The molecule has 2 fully saturated rings. The minimum atomic E-state index is 0.0566. The quantitative estimate of drug-likeness (QED) is 0.788. The van der Waals surface area contributed by atoms with E-state index in [2.05, 4.69) is 11.9 Å². The largest absolute Gasteiger partial charge is 0.508 e. The van der Waals surface area contributed by atoms with Gasteiger partial charge in [-0.3, -0.25) is 9.69 Å². The Balaban J connectivity index is 1.97. The topological polar surface area (TPSA) is 40.5 Å². The number of ketones is 1. The average Bonchev–Trinajstić information content (AvgIpc) is 2.46. The number of fused-ring (bicyclic) bond motifs is 1. The van der Waals surface area contributed by atoms with Crippen molar-refractivity contribution >= 4 is 5.78 Å². The molecule has 3 heteroatoms. The Bertz CT molecular complexity index is 582. The van der Waals surface area contributed by atoms with Crippen LogP contribution in [0.25, 0.3) is 0 Å². The van der Waals surface area contributed by atoms with Crippen molar-refractivity contribution in [1.29, 1.82) is 0 Å². The molecule has 2 bridgehead atoms. The van der Waals surface area contributed by atoms with Gasteiger partial charge in [-0.25, -0.2) is 0 Å². The second-order valence-electron chi connectivity index (χ2n) is 6.78. The molecule has 3 atom stereocenters. The second kappa shape index (κ2) is 4.08. The van der Waals surface area contributed by atoms with E-state index in [0.717, 1.165) is 30.5 Å². The lowest BCUT2D eigenvalue weighted by atomic mass is 9.52. The molecule has 1 aromatic rings. The lowest BCUT2D eigenvalue weighted by Gasteiger charge is -2.57. The molecule has 1 saturated carbocycles. The Hall–Kier alpha value is -1.35. The Morgan fingerprint density at radius 2 is 2.15 bits per heavy atom. The van der Waals surface area contributed by atoms with Crippen molar-refractivity contribution in [3.8, 4) is 5.75 Å². The summed E-state index contributed by atoms with van der Waals surface area (Å²) in [5.41, 5.74) is 2.13. The monoisotopic (exact) mass is 271 g/mol. The van der Waals surface area contributed by atoms with Crippen LogP contribution >= 0.6 is 0 Å². The highest BCUT2D eigenvalue weighted by molar-refractivity contribution is 6.03. The van der Waals surface area contributed by atoms with Crippen LogP contribution in [0.15, 0.2) is 18.2 Å². The van der Waals surface area contributed by atoms with E-state index in [1.165, 1.54) is 19.3 Å². The Morgan fingerprint density at radius 3 is 3.00 bits per heavy atom. The van der Waals surface area contributed by atoms with E-state index in [-0.39, 0.29) is 17.2 Å². The van der Waals surface area contributed by atoms with Crippen LogP contribution in [0.2, 0.25) is 0 Å². The smallest absolute Gasteiger partial charge is 0.180 e. The lowest BCUT2D eigenvalue weighted by Crippen LogP contribution is -2.62.